The van der Waals surface area contributed by atoms with Crippen LogP contribution in [0.3, 0.4) is 0 Å². The molecule has 0 fully saturated rings. The SMILES string of the molecule is C[N+](C)(C)C.O=[N+]([O-])[O-].O=[N+]([O-])[O-].O=[N+]([O-])[O-].O=[N+]([O-])[O-].[Al+3]. The van der Waals surface area contributed by atoms with Crippen LogP contribution in [0.1, 0.15) is 0 Å². The van der Waals surface area contributed by atoms with Crippen molar-refractivity contribution in [3.05, 3.63) is 61.3 Å². The summed E-state index contributed by atoms with van der Waals surface area (Å²) in [5.41, 5.74) is 0. The molecule has 0 bridgehead atoms. The Morgan fingerprint density at radius 1 is 0.500 bits per heavy atom. The quantitative estimate of drug-likeness (QED) is 0.220. The molecule has 0 aromatic carbocycles. The molecule has 22 heavy (non-hydrogen) atoms. The summed E-state index contributed by atoms with van der Waals surface area (Å²) in [5.74, 6) is 0. The van der Waals surface area contributed by atoms with Gasteiger partial charge < -0.3 is 65.8 Å². The Bertz CT molecular complexity index is 234. The maximum atomic E-state index is 8.25. The van der Waals surface area contributed by atoms with Gasteiger partial charge in [0.1, 0.15) is 0 Å². The molecule has 0 rings (SSSR count). The Morgan fingerprint density at radius 2 is 0.500 bits per heavy atom. The third kappa shape index (κ3) is 626. The van der Waals surface area contributed by atoms with E-state index in [0.29, 0.717) is 0 Å². The molecule has 0 aromatic heterocycles. The minimum atomic E-state index is -1.75. The Labute approximate surface area is 132 Å². The van der Waals surface area contributed by atoms with E-state index in [-0.39, 0.29) is 17.4 Å². The summed E-state index contributed by atoms with van der Waals surface area (Å²) in [5, 5.41) is 59.0. The molecular weight excluding hydrogens is 337 g/mol. The number of nitrogens with zero attached hydrogens (tertiary/aromatic N) is 5. The van der Waals surface area contributed by atoms with Crippen LogP contribution >= 0.6 is 0 Å². The van der Waals surface area contributed by atoms with Crippen LogP contribution < -0.4 is 0 Å². The molecule has 0 heterocycles. The van der Waals surface area contributed by atoms with Crippen molar-refractivity contribution in [1.29, 1.82) is 0 Å². The van der Waals surface area contributed by atoms with Gasteiger partial charge in [-0.15, -0.1) is 0 Å². The van der Waals surface area contributed by atoms with Gasteiger partial charge in [0.25, 0.3) is 0 Å². The van der Waals surface area contributed by atoms with Gasteiger partial charge in [0, 0.05) is 0 Å². The zero-order valence-electron chi connectivity index (χ0n) is 11.7. The van der Waals surface area contributed by atoms with E-state index in [4.69, 9.17) is 61.3 Å². The van der Waals surface area contributed by atoms with Crippen LogP contribution in [0.5, 0.6) is 0 Å². The molecule has 0 saturated heterocycles. The first kappa shape index (κ1) is 36.5. The van der Waals surface area contributed by atoms with Gasteiger partial charge >= 0.3 is 17.4 Å². The second-order valence-electron chi connectivity index (χ2n) is 3.58. The van der Waals surface area contributed by atoms with Crippen molar-refractivity contribution >= 4 is 17.4 Å². The predicted molar refractivity (Wildman–Crippen MR) is 71.2 cm³/mol. The molecule has 0 aromatic rings. The standard InChI is InChI=1S/C4H12N.Al.4NO3/c1-5(2,3)4;;4*2-1(3)4/h1-4H3;;;;;/q+1;+3;4*-1. The number of quaternary nitrogens is 1. The van der Waals surface area contributed by atoms with Crippen LogP contribution in [0.4, 0.5) is 0 Å². The first-order chi connectivity index (χ1) is 8.93. The minimum Gasteiger partial charge on any atom is -0.356 e. The summed E-state index contributed by atoms with van der Waals surface area (Å²) in [7, 11) is 8.50. The van der Waals surface area contributed by atoms with E-state index in [2.05, 4.69) is 28.2 Å². The molecule has 0 spiro atoms. The molecular formula is C4H12AlN5O12. The molecule has 128 valence electrons. The number of hydrogen-bond donors (Lipinski definition) is 0. The Morgan fingerprint density at radius 3 is 0.500 bits per heavy atom. The van der Waals surface area contributed by atoms with E-state index < -0.39 is 20.3 Å². The predicted octanol–water partition coefficient (Wildman–Crippen LogP) is -1.01. The molecule has 0 aliphatic heterocycles. The normalized spacial score (nSPS) is 7.09. The largest absolute Gasteiger partial charge is 3.00 e. The van der Waals surface area contributed by atoms with E-state index in [9.17, 15) is 0 Å². The third-order valence-corrected chi connectivity index (χ3v) is 0. The fourth-order valence-corrected chi connectivity index (χ4v) is 0. The average molecular weight is 349 g/mol. The van der Waals surface area contributed by atoms with E-state index in [1.165, 1.54) is 0 Å². The van der Waals surface area contributed by atoms with Gasteiger partial charge in [-0.2, -0.15) is 0 Å². The molecule has 0 unspecified atom stereocenters. The van der Waals surface area contributed by atoms with Gasteiger partial charge in [-0.1, -0.05) is 0 Å². The van der Waals surface area contributed by atoms with Crippen molar-refractivity contribution in [1.82, 2.24) is 0 Å². The van der Waals surface area contributed by atoms with Crippen molar-refractivity contribution in [3.63, 3.8) is 0 Å². The molecule has 17 nitrogen and oxygen atoms in total. The fraction of sp³-hybridized carbons (Fsp3) is 1.00. The number of hydrogen-bond acceptors (Lipinski definition) is 12. The minimum absolute atomic E-state index is 0. The summed E-state index contributed by atoms with van der Waals surface area (Å²) in [6, 6.07) is 0. The van der Waals surface area contributed by atoms with Crippen LogP contribution in [0.2, 0.25) is 0 Å². The average Bonchev–Trinajstić information content (AvgIpc) is 1.91. The Hall–Kier alpha value is -2.71. The van der Waals surface area contributed by atoms with Crippen LogP contribution in [-0.2, 0) is 0 Å². The number of rotatable bonds is 0. The first-order valence-electron chi connectivity index (χ1n) is 3.98. The van der Waals surface area contributed by atoms with E-state index in [1.807, 2.05) is 0 Å². The van der Waals surface area contributed by atoms with Crippen LogP contribution in [0.25, 0.3) is 0 Å². The Balaban J connectivity index is -0.0000000361. The van der Waals surface area contributed by atoms with Crippen molar-refractivity contribution in [2.45, 2.75) is 0 Å². The van der Waals surface area contributed by atoms with Gasteiger partial charge in [0.2, 0.25) is 0 Å². The smallest absolute Gasteiger partial charge is 0.356 e. The van der Waals surface area contributed by atoms with Gasteiger partial charge in [-0.3, -0.25) is 0 Å². The molecule has 0 N–H and O–H groups in total. The van der Waals surface area contributed by atoms with Crippen molar-refractivity contribution < 1.29 is 24.8 Å². The van der Waals surface area contributed by atoms with Crippen molar-refractivity contribution in [3.8, 4) is 0 Å². The van der Waals surface area contributed by atoms with Crippen LogP contribution in [0.15, 0.2) is 0 Å². The second kappa shape index (κ2) is 23.4. The molecule has 0 saturated carbocycles. The molecule has 0 aliphatic carbocycles. The van der Waals surface area contributed by atoms with Crippen molar-refractivity contribution in [2.75, 3.05) is 28.2 Å². The third-order valence-electron chi connectivity index (χ3n) is 0. The summed E-state index contributed by atoms with van der Waals surface area (Å²) in [4.78, 5) is 33.0. The summed E-state index contributed by atoms with van der Waals surface area (Å²) >= 11 is 0. The van der Waals surface area contributed by atoms with E-state index in [1.54, 1.807) is 0 Å². The molecule has 18 heteroatoms. The monoisotopic (exact) mass is 349 g/mol. The topological polar surface area (TPSA) is 265 Å². The van der Waals surface area contributed by atoms with E-state index in [0.717, 1.165) is 4.48 Å². The van der Waals surface area contributed by atoms with Gasteiger partial charge in [-0.25, -0.2) is 0 Å². The van der Waals surface area contributed by atoms with Gasteiger partial charge in [0.05, 0.1) is 48.5 Å². The zero-order valence-corrected chi connectivity index (χ0v) is 12.9. The van der Waals surface area contributed by atoms with Gasteiger partial charge in [-0.05, 0) is 0 Å². The van der Waals surface area contributed by atoms with Crippen molar-refractivity contribution in [2.24, 2.45) is 0 Å². The molecule has 0 atom stereocenters. The molecule has 0 amide bonds. The summed E-state index contributed by atoms with van der Waals surface area (Å²) in [6.45, 7) is 0. The second-order valence-corrected chi connectivity index (χ2v) is 3.58. The fourth-order valence-electron chi connectivity index (χ4n) is 0. The maximum absolute atomic E-state index is 8.25. The summed E-state index contributed by atoms with van der Waals surface area (Å²) < 4.78 is 1.00. The van der Waals surface area contributed by atoms with Gasteiger partial charge in [0.15, 0.2) is 0 Å². The zero-order chi connectivity index (χ0) is 18.8. The van der Waals surface area contributed by atoms with Crippen LogP contribution in [0, 0.1) is 61.3 Å². The Kier molecular flexibility index (Phi) is 38.8. The molecule has 0 radical (unpaired) electrons. The van der Waals surface area contributed by atoms with Crippen LogP contribution in [-0.4, -0.2) is 70.4 Å². The first-order valence-corrected chi connectivity index (χ1v) is 3.98. The van der Waals surface area contributed by atoms with E-state index >= 15 is 0 Å². The molecule has 0 aliphatic rings. The maximum Gasteiger partial charge on any atom is 3.00 e. The summed E-state index contributed by atoms with van der Waals surface area (Å²) in [6.07, 6.45) is 0.